The highest BCUT2D eigenvalue weighted by atomic mass is 16.6. The fraction of sp³-hybridized carbons (Fsp3) is 0.533. The molecule has 2 aliphatic rings. The minimum atomic E-state index is -0.359. The van der Waals surface area contributed by atoms with Gasteiger partial charge in [-0.15, -0.1) is 0 Å². The molecule has 0 aromatic heterocycles. The molecule has 1 heterocycles. The lowest BCUT2D eigenvalue weighted by atomic mass is 9.70. The average molecular weight is 289 g/mol. The molecule has 2 N–H and O–H groups in total. The highest BCUT2D eigenvalue weighted by Gasteiger charge is 2.32. The van der Waals surface area contributed by atoms with Gasteiger partial charge < -0.3 is 10.6 Å². The Morgan fingerprint density at radius 1 is 1.38 bits per heavy atom. The molecule has 21 heavy (non-hydrogen) atoms. The number of carbonyl (C=O) groups is 1. The highest BCUT2D eigenvalue weighted by Crippen LogP contribution is 2.41. The maximum Gasteiger partial charge on any atom is 0.292 e. The maximum atomic E-state index is 11.5. The molecule has 112 valence electrons. The van der Waals surface area contributed by atoms with Crippen molar-refractivity contribution in [3.63, 3.8) is 0 Å². The van der Waals surface area contributed by atoms with Gasteiger partial charge in [0.2, 0.25) is 5.91 Å². The molecule has 1 fully saturated rings. The van der Waals surface area contributed by atoms with Crippen molar-refractivity contribution < 1.29 is 9.72 Å². The Morgan fingerprint density at radius 3 is 2.76 bits per heavy atom. The molecule has 0 atom stereocenters. The zero-order valence-corrected chi connectivity index (χ0v) is 12.1. The number of fused-ring (bicyclic) bond motifs is 1. The summed E-state index contributed by atoms with van der Waals surface area (Å²) in [5.41, 5.74) is 2.34. The van der Waals surface area contributed by atoms with Crippen molar-refractivity contribution in [1.82, 2.24) is 0 Å². The Hall–Kier alpha value is -2.11. The number of rotatable bonds is 4. The highest BCUT2D eigenvalue weighted by molar-refractivity contribution is 5.95. The van der Waals surface area contributed by atoms with E-state index >= 15 is 0 Å². The van der Waals surface area contributed by atoms with Crippen LogP contribution in [0.3, 0.4) is 0 Å². The quantitative estimate of drug-likeness (QED) is 0.659. The van der Waals surface area contributed by atoms with E-state index < -0.39 is 0 Å². The van der Waals surface area contributed by atoms with E-state index in [2.05, 4.69) is 17.6 Å². The van der Waals surface area contributed by atoms with E-state index in [9.17, 15) is 14.9 Å². The number of nitro benzene ring substituents is 1. The third kappa shape index (κ3) is 2.70. The van der Waals surface area contributed by atoms with Gasteiger partial charge in [-0.05, 0) is 36.3 Å². The first-order valence-electron chi connectivity index (χ1n) is 7.32. The molecule has 1 aliphatic heterocycles. The van der Waals surface area contributed by atoms with Gasteiger partial charge in [-0.1, -0.05) is 13.3 Å². The van der Waals surface area contributed by atoms with Gasteiger partial charge in [0.25, 0.3) is 5.69 Å². The van der Waals surface area contributed by atoms with Gasteiger partial charge in [0.1, 0.15) is 5.69 Å². The third-order valence-electron chi connectivity index (χ3n) is 4.58. The van der Waals surface area contributed by atoms with E-state index in [0.717, 1.165) is 24.9 Å². The van der Waals surface area contributed by atoms with Crippen LogP contribution in [-0.4, -0.2) is 17.4 Å². The van der Waals surface area contributed by atoms with Crippen LogP contribution >= 0.6 is 0 Å². The van der Waals surface area contributed by atoms with Crippen molar-refractivity contribution >= 4 is 23.0 Å². The predicted octanol–water partition coefficient (Wildman–Crippen LogP) is 3.08. The molecule has 6 heteroatoms. The summed E-state index contributed by atoms with van der Waals surface area (Å²) in [6.07, 6.45) is 4.46. The lowest BCUT2D eigenvalue weighted by molar-refractivity contribution is -0.384. The monoisotopic (exact) mass is 289 g/mol. The molecular weight excluding hydrogens is 270 g/mol. The molecular formula is C15H19N3O3. The number of nitro groups is 1. The van der Waals surface area contributed by atoms with E-state index in [0.29, 0.717) is 24.2 Å². The fourth-order valence-corrected chi connectivity index (χ4v) is 2.97. The topological polar surface area (TPSA) is 84.3 Å². The lowest BCUT2D eigenvalue weighted by Crippen LogP contribution is -2.33. The summed E-state index contributed by atoms with van der Waals surface area (Å²) in [6, 6.07) is 3.28. The van der Waals surface area contributed by atoms with Crippen LogP contribution < -0.4 is 10.6 Å². The molecule has 1 amide bonds. The SMILES string of the molecule is CC1(CNc2cc3c(cc2[N+](=O)[O-])CCC(=O)N3)CCC1. The van der Waals surface area contributed by atoms with Crippen LogP contribution in [0.25, 0.3) is 0 Å². The van der Waals surface area contributed by atoms with Crippen molar-refractivity contribution in [3.05, 3.63) is 27.8 Å². The van der Waals surface area contributed by atoms with Crippen LogP contribution in [0.5, 0.6) is 0 Å². The molecule has 0 bridgehead atoms. The second-order valence-corrected chi connectivity index (χ2v) is 6.35. The van der Waals surface area contributed by atoms with Gasteiger partial charge in [0.15, 0.2) is 0 Å². The van der Waals surface area contributed by atoms with Crippen LogP contribution in [0.2, 0.25) is 0 Å². The van der Waals surface area contributed by atoms with Crippen LogP contribution in [-0.2, 0) is 11.2 Å². The Bertz CT molecular complexity index is 608. The van der Waals surface area contributed by atoms with Gasteiger partial charge in [0, 0.05) is 24.7 Å². The molecule has 6 nitrogen and oxygen atoms in total. The molecule has 1 aromatic rings. The Labute approximate surface area is 123 Å². The smallest absolute Gasteiger partial charge is 0.292 e. The minimum absolute atomic E-state index is 0.0340. The summed E-state index contributed by atoms with van der Waals surface area (Å²) in [5, 5.41) is 17.3. The number of hydrogen-bond acceptors (Lipinski definition) is 4. The second kappa shape index (κ2) is 5.02. The van der Waals surface area contributed by atoms with E-state index in [1.165, 1.54) is 6.42 Å². The van der Waals surface area contributed by atoms with E-state index in [4.69, 9.17) is 0 Å². The number of nitrogens with one attached hydrogen (secondary N) is 2. The summed E-state index contributed by atoms with van der Waals surface area (Å²) in [7, 11) is 0. The van der Waals surface area contributed by atoms with Crippen LogP contribution in [0.4, 0.5) is 17.1 Å². The standard InChI is InChI=1S/C15H19N3O3/c1-15(5-2-6-15)9-16-12-8-11-10(3-4-14(19)17-11)7-13(12)18(20)21/h7-8,16H,2-6,9H2,1H3,(H,17,19). The molecule has 1 saturated carbocycles. The summed E-state index contributed by atoms with van der Waals surface area (Å²) in [5.74, 6) is -0.0340. The van der Waals surface area contributed by atoms with Gasteiger partial charge >= 0.3 is 0 Å². The zero-order chi connectivity index (χ0) is 15.0. The van der Waals surface area contributed by atoms with Gasteiger partial charge in [-0.25, -0.2) is 0 Å². The van der Waals surface area contributed by atoms with Crippen molar-refractivity contribution in [1.29, 1.82) is 0 Å². The number of anilines is 2. The van der Waals surface area contributed by atoms with Gasteiger partial charge in [-0.2, -0.15) is 0 Å². The van der Waals surface area contributed by atoms with Crippen LogP contribution in [0, 0.1) is 15.5 Å². The number of aryl methyl sites for hydroxylation is 1. The molecule has 0 radical (unpaired) electrons. The first kappa shape index (κ1) is 13.9. The molecule has 0 spiro atoms. The Kier molecular flexibility index (Phi) is 3.31. The van der Waals surface area contributed by atoms with Gasteiger partial charge in [0.05, 0.1) is 4.92 Å². The predicted molar refractivity (Wildman–Crippen MR) is 80.5 cm³/mol. The second-order valence-electron chi connectivity index (χ2n) is 6.35. The summed E-state index contributed by atoms with van der Waals surface area (Å²) in [6.45, 7) is 2.91. The number of carbonyl (C=O) groups excluding carboxylic acids is 1. The van der Waals surface area contributed by atoms with E-state index in [1.807, 2.05) is 0 Å². The first-order valence-corrected chi connectivity index (χ1v) is 7.32. The number of amides is 1. The molecule has 1 aromatic carbocycles. The van der Waals surface area contributed by atoms with Crippen LogP contribution in [0.1, 0.15) is 38.2 Å². The molecule has 0 unspecified atom stereocenters. The van der Waals surface area contributed by atoms with Crippen molar-refractivity contribution in [2.45, 2.75) is 39.0 Å². The lowest BCUT2D eigenvalue weighted by Gasteiger charge is -2.38. The molecule has 0 saturated heterocycles. The maximum absolute atomic E-state index is 11.5. The van der Waals surface area contributed by atoms with Crippen molar-refractivity contribution in [3.8, 4) is 0 Å². The van der Waals surface area contributed by atoms with Crippen LogP contribution in [0.15, 0.2) is 12.1 Å². The van der Waals surface area contributed by atoms with Crippen molar-refractivity contribution in [2.24, 2.45) is 5.41 Å². The Balaban J connectivity index is 1.87. The third-order valence-corrected chi connectivity index (χ3v) is 4.58. The van der Waals surface area contributed by atoms with E-state index in [1.54, 1.807) is 12.1 Å². The van der Waals surface area contributed by atoms with E-state index in [-0.39, 0.29) is 21.9 Å². The summed E-state index contributed by atoms with van der Waals surface area (Å²) >= 11 is 0. The average Bonchev–Trinajstić information content (AvgIpc) is 2.41. The molecule has 3 rings (SSSR count). The van der Waals surface area contributed by atoms with Gasteiger partial charge in [-0.3, -0.25) is 14.9 Å². The fourth-order valence-electron chi connectivity index (χ4n) is 2.97. The summed E-state index contributed by atoms with van der Waals surface area (Å²) in [4.78, 5) is 22.4. The number of hydrogen-bond donors (Lipinski definition) is 2. The Morgan fingerprint density at radius 2 is 2.14 bits per heavy atom. The zero-order valence-electron chi connectivity index (χ0n) is 12.1. The molecule has 1 aliphatic carbocycles. The minimum Gasteiger partial charge on any atom is -0.379 e. The largest absolute Gasteiger partial charge is 0.379 e. The summed E-state index contributed by atoms with van der Waals surface area (Å²) < 4.78 is 0. The number of benzene rings is 1. The van der Waals surface area contributed by atoms with Crippen molar-refractivity contribution in [2.75, 3.05) is 17.2 Å². The first-order chi connectivity index (χ1) is 9.97. The number of nitrogens with zero attached hydrogens (tertiary/aromatic N) is 1. The normalized spacial score (nSPS) is 19.2.